The Labute approximate surface area is 137 Å². The average molecular weight is 307 g/mol. The van der Waals surface area contributed by atoms with Crippen LogP contribution in [0.5, 0.6) is 0 Å². The first-order valence-electron chi connectivity index (χ1n) is 7.61. The first-order chi connectivity index (χ1) is 11.1. The highest BCUT2D eigenvalue weighted by atomic mass is 16.1. The summed E-state index contributed by atoms with van der Waals surface area (Å²) in [7, 11) is 2.06. The number of ketones is 1. The summed E-state index contributed by atoms with van der Waals surface area (Å²) in [5.74, 6) is -0.00117. The van der Waals surface area contributed by atoms with Crippen molar-refractivity contribution in [2.75, 3.05) is 25.5 Å². The van der Waals surface area contributed by atoms with Gasteiger partial charge in [0.05, 0.1) is 11.3 Å². The fraction of sp³-hybridized carbons (Fsp3) is 0.263. The quantitative estimate of drug-likeness (QED) is 0.797. The van der Waals surface area contributed by atoms with Gasteiger partial charge in [-0.25, -0.2) is 0 Å². The fourth-order valence-electron chi connectivity index (χ4n) is 2.36. The smallest absolute Gasteiger partial charge is 0.159 e. The number of hydrogen-bond donors (Lipinski definition) is 1. The third kappa shape index (κ3) is 4.94. The summed E-state index contributed by atoms with van der Waals surface area (Å²) >= 11 is 0. The molecule has 0 amide bonds. The van der Waals surface area contributed by atoms with E-state index in [1.165, 1.54) is 12.5 Å². The molecular weight excluding hydrogens is 286 g/mol. The fourth-order valence-corrected chi connectivity index (χ4v) is 2.36. The van der Waals surface area contributed by atoms with Crippen LogP contribution in [0.2, 0.25) is 0 Å². The van der Waals surface area contributed by atoms with Crippen molar-refractivity contribution < 1.29 is 4.79 Å². The van der Waals surface area contributed by atoms with Crippen LogP contribution in [-0.4, -0.2) is 30.8 Å². The number of nitrogens with one attached hydrogen (secondary N) is 1. The topological polar surface area (TPSA) is 56.1 Å². The lowest BCUT2D eigenvalue weighted by Gasteiger charge is -2.18. The van der Waals surface area contributed by atoms with Crippen LogP contribution in [0.25, 0.3) is 0 Å². The molecule has 0 bridgehead atoms. The Morgan fingerprint density at radius 2 is 1.96 bits per heavy atom. The van der Waals surface area contributed by atoms with E-state index in [0.717, 1.165) is 13.1 Å². The van der Waals surface area contributed by atoms with Crippen LogP contribution < -0.4 is 5.32 Å². The second-order valence-corrected chi connectivity index (χ2v) is 5.58. The largest absolute Gasteiger partial charge is 0.383 e. The summed E-state index contributed by atoms with van der Waals surface area (Å²) in [5.41, 5.74) is 3.16. The zero-order valence-corrected chi connectivity index (χ0v) is 13.5. The van der Waals surface area contributed by atoms with Gasteiger partial charge in [-0.15, -0.1) is 0 Å². The predicted molar refractivity (Wildman–Crippen MR) is 92.4 cm³/mol. The molecule has 2 rings (SSSR count). The van der Waals surface area contributed by atoms with E-state index >= 15 is 0 Å². The summed E-state index contributed by atoms with van der Waals surface area (Å²) in [6.07, 6.45) is 0. The summed E-state index contributed by atoms with van der Waals surface area (Å²) in [5, 5.41) is 12.4. The minimum Gasteiger partial charge on any atom is -0.383 e. The maximum Gasteiger partial charge on any atom is 0.159 e. The van der Waals surface area contributed by atoms with Gasteiger partial charge in [-0.2, -0.15) is 5.26 Å². The molecule has 0 aliphatic carbocycles. The van der Waals surface area contributed by atoms with Gasteiger partial charge in [0, 0.05) is 25.2 Å². The molecule has 0 atom stereocenters. The maximum absolute atomic E-state index is 11.5. The van der Waals surface area contributed by atoms with Crippen molar-refractivity contribution in [1.29, 1.82) is 5.26 Å². The van der Waals surface area contributed by atoms with Gasteiger partial charge in [-0.05, 0) is 37.7 Å². The Hall–Kier alpha value is -2.64. The minimum atomic E-state index is -0.00117. The average Bonchev–Trinajstić information content (AvgIpc) is 2.55. The van der Waals surface area contributed by atoms with E-state index in [9.17, 15) is 4.79 Å². The highest BCUT2D eigenvalue weighted by molar-refractivity contribution is 5.95. The standard InChI is InChI=1S/C19H21N3O/c1-15(23)17-8-9-18(13-20)19(12-17)21-10-11-22(2)14-16-6-4-3-5-7-16/h3-9,12,21H,10-11,14H2,1-2H3. The van der Waals surface area contributed by atoms with Crippen molar-refractivity contribution in [3.05, 3.63) is 65.2 Å². The molecule has 0 aliphatic heterocycles. The van der Waals surface area contributed by atoms with Crippen molar-refractivity contribution in [2.24, 2.45) is 0 Å². The lowest BCUT2D eigenvalue weighted by atomic mass is 10.1. The van der Waals surface area contributed by atoms with E-state index in [0.29, 0.717) is 23.4 Å². The summed E-state index contributed by atoms with van der Waals surface area (Å²) in [4.78, 5) is 13.7. The summed E-state index contributed by atoms with van der Waals surface area (Å²) < 4.78 is 0. The number of hydrogen-bond acceptors (Lipinski definition) is 4. The zero-order valence-electron chi connectivity index (χ0n) is 13.5. The van der Waals surface area contributed by atoms with Gasteiger partial charge in [-0.1, -0.05) is 30.3 Å². The molecule has 23 heavy (non-hydrogen) atoms. The van der Waals surface area contributed by atoms with Gasteiger partial charge in [0.25, 0.3) is 0 Å². The normalized spacial score (nSPS) is 10.3. The van der Waals surface area contributed by atoms with Crippen molar-refractivity contribution in [2.45, 2.75) is 13.5 Å². The Bertz CT molecular complexity index is 704. The molecule has 2 aromatic rings. The molecule has 0 saturated heterocycles. The minimum absolute atomic E-state index is 0.00117. The van der Waals surface area contributed by atoms with Crippen molar-refractivity contribution in [3.8, 4) is 6.07 Å². The van der Waals surface area contributed by atoms with Gasteiger partial charge < -0.3 is 10.2 Å². The highest BCUT2D eigenvalue weighted by Gasteiger charge is 2.07. The van der Waals surface area contributed by atoms with Crippen LogP contribution in [-0.2, 0) is 6.54 Å². The molecule has 0 aliphatic rings. The third-order valence-corrected chi connectivity index (χ3v) is 3.65. The van der Waals surface area contributed by atoms with Crippen LogP contribution in [0.4, 0.5) is 5.69 Å². The summed E-state index contributed by atoms with van der Waals surface area (Å²) in [6, 6.07) is 17.6. The Morgan fingerprint density at radius 1 is 1.22 bits per heavy atom. The second-order valence-electron chi connectivity index (χ2n) is 5.58. The van der Waals surface area contributed by atoms with Gasteiger partial charge in [0.1, 0.15) is 6.07 Å². The molecule has 0 heterocycles. The van der Waals surface area contributed by atoms with E-state index in [-0.39, 0.29) is 5.78 Å². The SMILES string of the molecule is CC(=O)c1ccc(C#N)c(NCCN(C)Cc2ccccc2)c1. The van der Waals surface area contributed by atoms with Gasteiger partial charge >= 0.3 is 0 Å². The number of likely N-dealkylation sites (N-methyl/N-ethyl adjacent to an activating group) is 1. The van der Waals surface area contributed by atoms with E-state index in [1.807, 2.05) is 18.2 Å². The van der Waals surface area contributed by atoms with Crippen molar-refractivity contribution >= 4 is 11.5 Å². The first kappa shape index (κ1) is 16.7. The molecule has 2 aromatic carbocycles. The molecule has 4 nitrogen and oxygen atoms in total. The number of benzene rings is 2. The molecule has 0 unspecified atom stereocenters. The molecule has 118 valence electrons. The second kappa shape index (κ2) is 8.11. The van der Waals surface area contributed by atoms with E-state index in [2.05, 4.69) is 35.5 Å². The maximum atomic E-state index is 11.5. The lowest BCUT2D eigenvalue weighted by Crippen LogP contribution is -2.25. The number of carbonyl (C=O) groups excluding carboxylic acids is 1. The molecule has 1 N–H and O–H groups in total. The number of rotatable bonds is 7. The van der Waals surface area contributed by atoms with E-state index < -0.39 is 0 Å². The van der Waals surface area contributed by atoms with Gasteiger partial charge in [0.15, 0.2) is 5.78 Å². The third-order valence-electron chi connectivity index (χ3n) is 3.65. The Morgan fingerprint density at radius 3 is 2.61 bits per heavy atom. The Kier molecular flexibility index (Phi) is 5.90. The molecular formula is C19H21N3O. The van der Waals surface area contributed by atoms with Crippen LogP contribution >= 0.6 is 0 Å². The first-order valence-corrected chi connectivity index (χ1v) is 7.61. The molecule has 0 fully saturated rings. The lowest BCUT2D eigenvalue weighted by molar-refractivity contribution is 0.101. The number of anilines is 1. The van der Waals surface area contributed by atoms with Gasteiger partial charge in [-0.3, -0.25) is 4.79 Å². The van der Waals surface area contributed by atoms with E-state index in [4.69, 9.17) is 5.26 Å². The van der Waals surface area contributed by atoms with E-state index in [1.54, 1.807) is 18.2 Å². The van der Waals surface area contributed by atoms with Crippen LogP contribution in [0.1, 0.15) is 28.4 Å². The molecule has 0 aromatic heterocycles. The Balaban J connectivity index is 1.92. The van der Waals surface area contributed by atoms with Crippen LogP contribution in [0.3, 0.4) is 0 Å². The number of nitriles is 1. The highest BCUT2D eigenvalue weighted by Crippen LogP contribution is 2.17. The molecule has 4 heteroatoms. The summed E-state index contributed by atoms with van der Waals surface area (Å²) in [6.45, 7) is 3.95. The monoisotopic (exact) mass is 307 g/mol. The van der Waals surface area contributed by atoms with Gasteiger partial charge in [0.2, 0.25) is 0 Å². The van der Waals surface area contributed by atoms with Crippen LogP contribution in [0, 0.1) is 11.3 Å². The number of nitrogens with zero attached hydrogens (tertiary/aromatic N) is 2. The molecule has 0 radical (unpaired) electrons. The zero-order chi connectivity index (χ0) is 16.7. The predicted octanol–water partition coefficient (Wildman–Crippen LogP) is 3.30. The van der Waals surface area contributed by atoms with Crippen LogP contribution in [0.15, 0.2) is 48.5 Å². The molecule has 0 spiro atoms. The number of Topliss-reactive ketones (excluding diaryl/α,β-unsaturated/α-hetero) is 1. The molecule has 0 saturated carbocycles. The number of carbonyl (C=O) groups is 1. The van der Waals surface area contributed by atoms with Crippen molar-refractivity contribution in [1.82, 2.24) is 4.90 Å². The van der Waals surface area contributed by atoms with Crippen molar-refractivity contribution in [3.63, 3.8) is 0 Å².